The molecule has 0 radical (unpaired) electrons. The second-order valence-electron chi connectivity index (χ2n) is 6.90. The van der Waals surface area contributed by atoms with Gasteiger partial charge in [0.15, 0.2) is 5.96 Å². The van der Waals surface area contributed by atoms with E-state index in [1.807, 2.05) is 30.3 Å². The lowest BCUT2D eigenvalue weighted by Gasteiger charge is -2.29. The molecule has 6 nitrogen and oxygen atoms in total. The Kier molecular flexibility index (Phi) is 9.06. The molecular formula is C20H30IN5O. The van der Waals surface area contributed by atoms with Crippen molar-refractivity contribution < 1.29 is 4.42 Å². The standard InChI is InChI=1S/C20H29N5O.HI/c1-21-20(22-11-8-16-9-12-25(2)13-10-16)23-14-18-15-26-19(24-18)17-6-4-3-5-7-17;/h3-7,15-16H,8-14H2,1-2H3,(H2,21,22,23);1H. The van der Waals surface area contributed by atoms with Crippen molar-refractivity contribution in [1.29, 1.82) is 0 Å². The molecule has 1 aromatic carbocycles. The molecule has 148 valence electrons. The van der Waals surface area contributed by atoms with Gasteiger partial charge in [-0.25, -0.2) is 4.98 Å². The predicted molar refractivity (Wildman–Crippen MR) is 120 cm³/mol. The van der Waals surface area contributed by atoms with Gasteiger partial charge < -0.3 is 20.0 Å². The summed E-state index contributed by atoms with van der Waals surface area (Å²) in [6.45, 7) is 3.97. The van der Waals surface area contributed by atoms with Crippen molar-refractivity contribution in [3.8, 4) is 11.5 Å². The molecule has 1 aliphatic rings. The molecule has 2 heterocycles. The molecule has 3 rings (SSSR count). The number of halogens is 1. The SMILES string of the molecule is CN=C(NCCC1CCN(C)CC1)NCc1coc(-c2ccccc2)n1.I. The molecule has 1 saturated heterocycles. The molecule has 0 atom stereocenters. The number of rotatable bonds is 6. The number of likely N-dealkylation sites (tertiary alicyclic amines) is 1. The molecule has 1 fully saturated rings. The molecule has 0 amide bonds. The lowest BCUT2D eigenvalue weighted by molar-refractivity contribution is 0.213. The number of guanidine groups is 1. The van der Waals surface area contributed by atoms with Crippen LogP contribution in [0.4, 0.5) is 0 Å². The lowest BCUT2D eigenvalue weighted by Crippen LogP contribution is -2.38. The molecule has 1 aromatic heterocycles. The zero-order valence-corrected chi connectivity index (χ0v) is 18.5. The zero-order valence-electron chi connectivity index (χ0n) is 16.1. The molecule has 27 heavy (non-hydrogen) atoms. The summed E-state index contributed by atoms with van der Waals surface area (Å²) < 4.78 is 5.57. The van der Waals surface area contributed by atoms with Crippen molar-refractivity contribution in [3.05, 3.63) is 42.3 Å². The number of oxazole rings is 1. The van der Waals surface area contributed by atoms with Gasteiger partial charge in [-0.2, -0.15) is 0 Å². The number of piperidine rings is 1. The first-order valence-electron chi connectivity index (χ1n) is 9.37. The van der Waals surface area contributed by atoms with E-state index in [0.717, 1.165) is 29.7 Å². The van der Waals surface area contributed by atoms with Gasteiger partial charge in [-0.1, -0.05) is 18.2 Å². The van der Waals surface area contributed by atoms with Crippen LogP contribution in [0.2, 0.25) is 0 Å². The first kappa shape index (κ1) is 21.7. The highest BCUT2D eigenvalue weighted by Gasteiger charge is 2.16. The largest absolute Gasteiger partial charge is 0.444 e. The minimum atomic E-state index is 0. The van der Waals surface area contributed by atoms with Crippen molar-refractivity contribution in [1.82, 2.24) is 20.5 Å². The molecule has 0 unspecified atom stereocenters. The fraction of sp³-hybridized carbons (Fsp3) is 0.500. The number of nitrogens with one attached hydrogen (secondary N) is 2. The minimum absolute atomic E-state index is 0. The van der Waals surface area contributed by atoms with Gasteiger partial charge in [0.05, 0.1) is 12.2 Å². The number of hydrogen-bond acceptors (Lipinski definition) is 4. The number of hydrogen-bond donors (Lipinski definition) is 2. The van der Waals surface area contributed by atoms with Crippen LogP contribution in [0.3, 0.4) is 0 Å². The van der Waals surface area contributed by atoms with Crippen LogP contribution in [0, 0.1) is 5.92 Å². The van der Waals surface area contributed by atoms with E-state index in [-0.39, 0.29) is 24.0 Å². The molecular weight excluding hydrogens is 453 g/mol. The Morgan fingerprint density at radius 3 is 2.67 bits per heavy atom. The highest BCUT2D eigenvalue weighted by molar-refractivity contribution is 14.0. The summed E-state index contributed by atoms with van der Waals surface area (Å²) in [7, 11) is 4.00. The molecule has 1 aliphatic heterocycles. The Morgan fingerprint density at radius 1 is 1.22 bits per heavy atom. The molecule has 7 heteroatoms. The van der Waals surface area contributed by atoms with Crippen molar-refractivity contribution in [3.63, 3.8) is 0 Å². The van der Waals surface area contributed by atoms with Crippen LogP contribution in [0.1, 0.15) is 25.0 Å². The van der Waals surface area contributed by atoms with Crippen LogP contribution in [0.15, 0.2) is 46.0 Å². The third kappa shape index (κ3) is 6.80. The number of nitrogens with zero attached hydrogens (tertiary/aromatic N) is 3. The van der Waals surface area contributed by atoms with Crippen molar-refractivity contribution in [2.75, 3.05) is 33.7 Å². The van der Waals surface area contributed by atoms with Crippen LogP contribution >= 0.6 is 24.0 Å². The lowest BCUT2D eigenvalue weighted by atomic mass is 9.94. The zero-order chi connectivity index (χ0) is 18.2. The fourth-order valence-corrected chi connectivity index (χ4v) is 3.24. The average molecular weight is 483 g/mol. The topological polar surface area (TPSA) is 65.7 Å². The maximum atomic E-state index is 5.57. The summed E-state index contributed by atoms with van der Waals surface area (Å²) in [6, 6.07) is 9.93. The second kappa shape index (κ2) is 11.3. The predicted octanol–water partition coefficient (Wildman–Crippen LogP) is 3.36. The van der Waals surface area contributed by atoms with Gasteiger partial charge in [0.2, 0.25) is 5.89 Å². The summed E-state index contributed by atoms with van der Waals surface area (Å²) >= 11 is 0. The van der Waals surface area contributed by atoms with Crippen LogP contribution in [-0.4, -0.2) is 49.6 Å². The molecule has 0 spiro atoms. The van der Waals surface area contributed by atoms with Gasteiger partial charge in [-0.05, 0) is 57.5 Å². The van der Waals surface area contributed by atoms with Crippen molar-refractivity contribution >= 4 is 29.9 Å². The van der Waals surface area contributed by atoms with E-state index in [1.165, 1.54) is 32.4 Å². The maximum absolute atomic E-state index is 5.57. The van der Waals surface area contributed by atoms with Crippen molar-refractivity contribution in [2.24, 2.45) is 10.9 Å². The number of benzene rings is 1. The van der Waals surface area contributed by atoms with Crippen LogP contribution in [-0.2, 0) is 6.54 Å². The first-order valence-corrected chi connectivity index (χ1v) is 9.37. The highest BCUT2D eigenvalue weighted by Crippen LogP contribution is 2.19. The van der Waals surface area contributed by atoms with E-state index in [0.29, 0.717) is 12.4 Å². The van der Waals surface area contributed by atoms with Gasteiger partial charge in [-0.3, -0.25) is 4.99 Å². The van der Waals surface area contributed by atoms with Gasteiger partial charge in [0.1, 0.15) is 6.26 Å². The Balaban J connectivity index is 0.00000261. The Morgan fingerprint density at radius 2 is 1.96 bits per heavy atom. The van der Waals surface area contributed by atoms with Gasteiger partial charge in [0.25, 0.3) is 0 Å². The summed E-state index contributed by atoms with van der Waals surface area (Å²) in [5.74, 6) is 2.27. The summed E-state index contributed by atoms with van der Waals surface area (Å²) in [5.41, 5.74) is 1.85. The monoisotopic (exact) mass is 483 g/mol. The molecule has 0 saturated carbocycles. The van der Waals surface area contributed by atoms with Crippen LogP contribution < -0.4 is 10.6 Å². The fourth-order valence-electron chi connectivity index (χ4n) is 3.24. The van der Waals surface area contributed by atoms with E-state index in [9.17, 15) is 0 Å². The van der Waals surface area contributed by atoms with E-state index in [4.69, 9.17) is 4.42 Å². The highest BCUT2D eigenvalue weighted by atomic mass is 127. The third-order valence-corrected chi connectivity index (χ3v) is 4.92. The molecule has 2 aromatic rings. The van der Waals surface area contributed by atoms with Gasteiger partial charge in [0, 0.05) is 19.2 Å². The van der Waals surface area contributed by atoms with E-state index in [1.54, 1.807) is 13.3 Å². The molecule has 2 N–H and O–H groups in total. The number of aliphatic imine (C=N–C) groups is 1. The minimum Gasteiger partial charge on any atom is -0.444 e. The van der Waals surface area contributed by atoms with E-state index in [2.05, 4.69) is 32.6 Å². The van der Waals surface area contributed by atoms with Crippen LogP contribution in [0.25, 0.3) is 11.5 Å². The number of aromatic nitrogens is 1. The van der Waals surface area contributed by atoms with Gasteiger partial charge in [-0.15, -0.1) is 24.0 Å². The Hall–Kier alpha value is -1.61. The summed E-state index contributed by atoms with van der Waals surface area (Å²) in [4.78, 5) is 11.2. The summed E-state index contributed by atoms with van der Waals surface area (Å²) in [6.07, 6.45) is 5.48. The molecule has 0 bridgehead atoms. The smallest absolute Gasteiger partial charge is 0.226 e. The first-order chi connectivity index (χ1) is 12.7. The van der Waals surface area contributed by atoms with Gasteiger partial charge >= 0.3 is 0 Å². The second-order valence-corrected chi connectivity index (χ2v) is 6.90. The Labute approximate surface area is 178 Å². The Bertz CT molecular complexity index is 695. The normalized spacial score (nSPS) is 16.0. The summed E-state index contributed by atoms with van der Waals surface area (Å²) in [5, 5.41) is 6.71. The quantitative estimate of drug-likeness (QED) is 0.375. The van der Waals surface area contributed by atoms with E-state index < -0.39 is 0 Å². The van der Waals surface area contributed by atoms with Crippen LogP contribution in [0.5, 0.6) is 0 Å². The van der Waals surface area contributed by atoms with E-state index >= 15 is 0 Å². The average Bonchev–Trinajstić information content (AvgIpc) is 3.16. The molecule has 0 aliphatic carbocycles. The maximum Gasteiger partial charge on any atom is 0.226 e. The van der Waals surface area contributed by atoms with Crippen molar-refractivity contribution in [2.45, 2.75) is 25.8 Å². The third-order valence-electron chi connectivity index (χ3n) is 4.92.